The number of methoxy groups -OCH3 is 1. The predicted octanol–water partition coefficient (Wildman–Crippen LogP) is 6.24. The van der Waals surface area contributed by atoms with E-state index in [1.165, 1.54) is 16.9 Å². The van der Waals surface area contributed by atoms with E-state index in [1.54, 1.807) is 7.11 Å². The molecule has 4 heterocycles. The molecule has 0 spiro atoms. The van der Waals surface area contributed by atoms with E-state index in [1.807, 2.05) is 42.8 Å². The van der Waals surface area contributed by atoms with E-state index in [0.717, 1.165) is 99.3 Å². The Bertz CT molecular complexity index is 1540. The summed E-state index contributed by atoms with van der Waals surface area (Å²) in [6.07, 6.45) is 12.9. The van der Waals surface area contributed by atoms with Gasteiger partial charge in [-0.25, -0.2) is 0 Å². The Kier molecular flexibility index (Phi) is 9.19. The minimum atomic E-state index is 0.750. The van der Waals surface area contributed by atoms with Crippen LogP contribution in [-0.4, -0.2) is 67.8 Å². The van der Waals surface area contributed by atoms with Crippen molar-refractivity contribution in [2.45, 2.75) is 32.7 Å². The van der Waals surface area contributed by atoms with Crippen molar-refractivity contribution in [3.05, 3.63) is 113 Å². The van der Waals surface area contributed by atoms with Crippen LogP contribution in [0.25, 0.3) is 0 Å². The van der Waals surface area contributed by atoms with Gasteiger partial charge in [0.25, 0.3) is 0 Å². The normalized spacial score (nSPS) is 18.1. The van der Waals surface area contributed by atoms with Crippen molar-refractivity contribution in [2.75, 3.05) is 51.3 Å². The summed E-state index contributed by atoms with van der Waals surface area (Å²) in [4.78, 5) is 14.2. The number of nitrogens with zero attached hydrogens (tertiary/aromatic N) is 5. The molecule has 1 saturated heterocycles. The zero-order valence-electron chi connectivity index (χ0n) is 25.3. The molecule has 0 saturated carbocycles. The van der Waals surface area contributed by atoms with Crippen molar-refractivity contribution >= 4 is 17.6 Å². The maximum absolute atomic E-state index is 6.08. The summed E-state index contributed by atoms with van der Waals surface area (Å²) in [5.41, 5.74) is 7.91. The van der Waals surface area contributed by atoms with Crippen LogP contribution in [0.3, 0.4) is 0 Å². The van der Waals surface area contributed by atoms with E-state index in [-0.39, 0.29) is 0 Å². The number of hydrogen-bond acceptors (Lipinski definition) is 6. The van der Waals surface area contributed by atoms with Crippen molar-refractivity contribution in [2.24, 2.45) is 9.98 Å². The molecule has 0 unspecified atom stereocenters. The van der Waals surface area contributed by atoms with Crippen LogP contribution in [0.15, 0.2) is 106 Å². The third kappa shape index (κ3) is 6.83. The summed E-state index contributed by atoms with van der Waals surface area (Å²) in [6.45, 7) is 9.15. The first kappa shape index (κ1) is 28.7. The SMILES string of the molecule is COc1ccccc1N1CCN(CCCCOc2ccc(CCn3c(C)ccc3C3=NC=CC3=C3C=CC=N3)cc2)CC1. The molecule has 7 heteroatoms. The van der Waals surface area contributed by atoms with E-state index in [9.17, 15) is 0 Å². The fourth-order valence-corrected chi connectivity index (χ4v) is 6.00. The lowest BCUT2D eigenvalue weighted by Crippen LogP contribution is -2.46. The number of piperazine rings is 1. The molecule has 0 N–H and O–H groups in total. The number of benzene rings is 2. The van der Waals surface area contributed by atoms with E-state index in [0.29, 0.717) is 0 Å². The average Bonchev–Trinajstić information content (AvgIpc) is 3.82. The summed E-state index contributed by atoms with van der Waals surface area (Å²) in [7, 11) is 1.75. The van der Waals surface area contributed by atoms with Crippen molar-refractivity contribution < 1.29 is 9.47 Å². The zero-order chi connectivity index (χ0) is 29.4. The topological polar surface area (TPSA) is 54.6 Å². The van der Waals surface area contributed by atoms with Gasteiger partial charge in [0, 0.05) is 56.4 Å². The standard InChI is InChI=1S/C36H41N5O2/c1-28-11-16-34(36-31(17-20-38-36)32-8-7-19-37-32)41(28)22-18-29-12-14-30(15-13-29)43-27-6-5-21-39-23-25-40(26-24-39)33-9-3-4-10-35(33)42-2/h3-4,7-17,19-20H,5-6,18,21-27H2,1-2H3. The smallest absolute Gasteiger partial charge is 0.142 e. The van der Waals surface area contributed by atoms with Gasteiger partial charge in [0.2, 0.25) is 0 Å². The molecule has 3 aliphatic heterocycles. The molecule has 3 aliphatic rings. The van der Waals surface area contributed by atoms with Gasteiger partial charge in [0.15, 0.2) is 0 Å². The fraction of sp³-hybridized carbons (Fsp3) is 0.333. The number of aliphatic imine (C=N–C) groups is 2. The lowest BCUT2D eigenvalue weighted by atomic mass is 10.1. The van der Waals surface area contributed by atoms with Crippen LogP contribution in [0.5, 0.6) is 11.5 Å². The highest BCUT2D eigenvalue weighted by atomic mass is 16.5. The van der Waals surface area contributed by atoms with Gasteiger partial charge in [-0.05, 0) is 92.9 Å². The second kappa shape index (κ2) is 13.7. The van der Waals surface area contributed by atoms with E-state index < -0.39 is 0 Å². The van der Waals surface area contributed by atoms with Crippen LogP contribution in [0.1, 0.15) is 29.8 Å². The summed E-state index contributed by atoms with van der Waals surface area (Å²) >= 11 is 0. The second-order valence-corrected chi connectivity index (χ2v) is 11.2. The lowest BCUT2D eigenvalue weighted by Gasteiger charge is -2.36. The summed E-state index contributed by atoms with van der Waals surface area (Å²) in [5, 5.41) is 0. The predicted molar refractivity (Wildman–Crippen MR) is 176 cm³/mol. The largest absolute Gasteiger partial charge is 0.495 e. The minimum absolute atomic E-state index is 0.750. The third-order valence-electron chi connectivity index (χ3n) is 8.45. The van der Waals surface area contributed by atoms with Crippen LogP contribution in [0.4, 0.5) is 5.69 Å². The molecule has 1 fully saturated rings. The molecule has 0 atom stereocenters. The van der Waals surface area contributed by atoms with E-state index >= 15 is 0 Å². The molecule has 2 aromatic carbocycles. The summed E-state index contributed by atoms with van der Waals surface area (Å²) in [5.74, 6) is 1.90. The summed E-state index contributed by atoms with van der Waals surface area (Å²) in [6, 6.07) is 21.2. The Balaban J connectivity index is 0.921. The van der Waals surface area contributed by atoms with Crippen LogP contribution in [0.2, 0.25) is 0 Å². The Morgan fingerprint density at radius 3 is 2.49 bits per heavy atom. The highest BCUT2D eigenvalue weighted by Gasteiger charge is 2.21. The number of ether oxygens (including phenoxy) is 2. The van der Waals surface area contributed by atoms with Gasteiger partial charge in [-0.15, -0.1) is 0 Å². The number of unbranched alkanes of at least 4 members (excludes halogenated alkanes) is 1. The quantitative estimate of drug-likeness (QED) is 0.240. The third-order valence-corrected chi connectivity index (χ3v) is 8.45. The molecular weight excluding hydrogens is 534 g/mol. The van der Waals surface area contributed by atoms with Gasteiger partial charge in [-0.3, -0.25) is 14.9 Å². The first-order valence-electron chi connectivity index (χ1n) is 15.4. The van der Waals surface area contributed by atoms with Crippen molar-refractivity contribution in [1.82, 2.24) is 9.47 Å². The van der Waals surface area contributed by atoms with Gasteiger partial charge in [0.05, 0.1) is 36.5 Å². The molecular formula is C36H41N5O2. The zero-order valence-corrected chi connectivity index (χ0v) is 25.3. The number of para-hydroxylation sites is 2. The number of anilines is 1. The van der Waals surface area contributed by atoms with E-state index in [2.05, 4.69) is 79.8 Å². The number of rotatable bonds is 12. The molecule has 0 aliphatic carbocycles. The van der Waals surface area contributed by atoms with Gasteiger partial charge >= 0.3 is 0 Å². The molecule has 1 aromatic heterocycles. The van der Waals surface area contributed by atoms with Gasteiger partial charge in [-0.2, -0.15) is 0 Å². The Labute approximate surface area is 255 Å². The maximum atomic E-state index is 6.08. The number of allylic oxidation sites excluding steroid dienone is 4. The molecule has 6 rings (SSSR count). The van der Waals surface area contributed by atoms with Gasteiger partial charge in [-0.1, -0.05) is 24.3 Å². The highest BCUT2D eigenvalue weighted by Crippen LogP contribution is 2.28. The fourth-order valence-electron chi connectivity index (χ4n) is 6.00. The number of aromatic nitrogens is 1. The van der Waals surface area contributed by atoms with Gasteiger partial charge in [0.1, 0.15) is 11.5 Å². The van der Waals surface area contributed by atoms with Crippen LogP contribution in [0, 0.1) is 6.92 Å². The molecule has 0 radical (unpaired) electrons. The van der Waals surface area contributed by atoms with Crippen molar-refractivity contribution in [3.8, 4) is 11.5 Å². The first-order valence-corrected chi connectivity index (χ1v) is 15.4. The molecule has 3 aromatic rings. The molecule has 43 heavy (non-hydrogen) atoms. The van der Waals surface area contributed by atoms with Crippen molar-refractivity contribution in [1.29, 1.82) is 0 Å². The highest BCUT2D eigenvalue weighted by molar-refractivity contribution is 6.16. The molecule has 7 nitrogen and oxygen atoms in total. The molecule has 222 valence electrons. The first-order chi connectivity index (χ1) is 21.2. The molecule has 0 bridgehead atoms. The minimum Gasteiger partial charge on any atom is -0.495 e. The Hall–Kier alpha value is -4.36. The number of aryl methyl sites for hydroxylation is 2. The van der Waals surface area contributed by atoms with Crippen LogP contribution < -0.4 is 14.4 Å². The van der Waals surface area contributed by atoms with Crippen LogP contribution in [-0.2, 0) is 13.0 Å². The van der Waals surface area contributed by atoms with E-state index in [4.69, 9.17) is 9.47 Å². The molecule has 0 amide bonds. The Morgan fingerprint density at radius 2 is 1.70 bits per heavy atom. The van der Waals surface area contributed by atoms with Gasteiger partial charge < -0.3 is 18.9 Å². The average molecular weight is 576 g/mol. The number of hydrogen-bond donors (Lipinski definition) is 0. The summed E-state index contributed by atoms with van der Waals surface area (Å²) < 4.78 is 14.0. The Morgan fingerprint density at radius 1 is 0.860 bits per heavy atom. The van der Waals surface area contributed by atoms with Crippen molar-refractivity contribution in [3.63, 3.8) is 0 Å². The second-order valence-electron chi connectivity index (χ2n) is 11.2. The lowest BCUT2D eigenvalue weighted by molar-refractivity contribution is 0.238. The maximum Gasteiger partial charge on any atom is 0.142 e. The monoisotopic (exact) mass is 575 g/mol. The van der Waals surface area contributed by atoms with Crippen LogP contribution >= 0.6 is 0 Å².